The van der Waals surface area contributed by atoms with Crippen LogP contribution in [0, 0.1) is 25.2 Å². The maximum absolute atomic E-state index is 12.9. The minimum absolute atomic E-state index is 0.109. The van der Waals surface area contributed by atoms with E-state index in [2.05, 4.69) is 6.07 Å². The molecule has 25 heavy (non-hydrogen) atoms. The zero-order valence-corrected chi connectivity index (χ0v) is 15.0. The second kappa shape index (κ2) is 8.89. The summed E-state index contributed by atoms with van der Waals surface area (Å²) in [6.07, 6.45) is -0.309. The number of nitrogens with zero attached hydrogens (tertiary/aromatic N) is 2. The van der Waals surface area contributed by atoms with Crippen molar-refractivity contribution in [3.05, 3.63) is 65.2 Å². The fourth-order valence-electron chi connectivity index (χ4n) is 2.73. The van der Waals surface area contributed by atoms with Crippen LogP contribution in [0.15, 0.2) is 48.5 Å². The van der Waals surface area contributed by atoms with Gasteiger partial charge in [0.05, 0.1) is 12.5 Å². The van der Waals surface area contributed by atoms with Crippen LogP contribution in [0.3, 0.4) is 0 Å². The van der Waals surface area contributed by atoms with Gasteiger partial charge < -0.3 is 9.64 Å². The van der Waals surface area contributed by atoms with Crippen LogP contribution in [0.4, 0.5) is 0 Å². The van der Waals surface area contributed by atoms with Crippen molar-refractivity contribution in [2.45, 2.75) is 39.8 Å². The average Bonchev–Trinajstić information content (AvgIpc) is 2.62. The summed E-state index contributed by atoms with van der Waals surface area (Å²) in [6, 6.07) is 17.8. The predicted octanol–water partition coefficient (Wildman–Crippen LogP) is 4.01. The van der Waals surface area contributed by atoms with Crippen LogP contribution in [0.25, 0.3) is 0 Å². The highest BCUT2D eigenvalue weighted by Crippen LogP contribution is 2.24. The first kappa shape index (κ1) is 18.5. The molecule has 0 aliphatic heterocycles. The molecule has 0 spiro atoms. The minimum Gasteiger partial charge on any atom is -0.480 e. The fourth-order valence-corrected chi connectivity index (χ4v) is 2.73. The molecule has 0 aromatic heterocycles. The number of rotatable bonds is 7. The lowest BCUT2D eigenvalue weighted by Crippen LogP contribution is -2.40. The molecule has 0 radical (unpaired) electrons. The molecular formula is C21H24N2O2. The topological polar surface area (TPSA) is 53.3 Å². The summed E-state index contributed by atoms with van der Waals surface area (Å²) in [5.41, 5.74) is 3.05. The van der Waals surface area contributed by atoms with Gasteiger partial charge in [0.1, 0.15) is 5.75 Å². The van der Waals surface area contributed by atoms with Crippen molar-refractivity contribution < 1.29 is 9.53 Å². The Balaban J connectivity index is 2.13. The number of benzene rings is 2. The zero-order chi connectivity index (χ0) is 18.2. The van der Waals surface area contributed by atoms with E-state index in [1.807, 2.05) is 62.4 Å². The Labute approximate surface area is 149 Å². The molecule has 0 saturated carbocycles. The molecule has 2 aromatic carbocycles. The lowest BCUT2D eigenvalue weighted by Gasteiger charge is -2.26. The van der Waals surface area contributed by atoms with Crippen molar-refractivity contribution in [1.82, 2.24) is 4.90 Å². The molecule has 130 valence electrons. The second-order valence-electron chi connectivity index (χ2n) is 6.13. The smallest absolute Gasteiger partial charge is 0.263 e. The van der Waals surface area contributed by atoms with E-state index >= 15 is 0 Å². The number of hydrogen-bond acceptors (Lipinski definition) is 3. The van der Waals surface area contributed by atoms with Gasteiger partial charge in [-0.2, -0.15) is 5.26 Å². The highest BCUT2D eigenvalue weighted by molar-refractivity contribution is 5.81. The highest BCUT2D eigenvalue weighted by atomic mass is 16.5. The molecule has 2 rings (SSSR count). The van der Waals surface area contributed by atoms with Gasteiger partial charge in [0.15, 0.2) is 6.10 Å². The molecule has 4 nitrogen and oxygen atoms in total. The SMILES string of the molecule is Cc1cccc(C)c1OC(C)C(=O)N(CCC#N)Cc1ccccc1. The van der Waals surface area contributed by atoms with Crippen molar-refractivity contribution in [3.63, 3.8) is 0 Å². The number of nitriles is 1. The highest BCUT2D eigenvalue weighted by Gasteiger charge is 2.23. The monoisotopic (exact) mass is 336 g/mol. The van der Waals surface area contributed by atoms with E-state index in [-0.39, 0.29) is 5.91 Å². The molecule has 1 unspecified atom stereocenters. The molecule has 2 aromatic rings. The van der Waals surface area contributed by atoms with Gasteiger partial charge in [0.2, 0.25) is 0 Å². The van der Waals surface area contributed by atoms with Crippen LogP contribution < -0.4 is 4.74 Å². The predicted molar refractivity (Wildman–Crippen MR) is 98.1 cm³/mol. The Bertz CT molecular complexity index is 730. The molecule has 0 saturated heterocycles. The number of hydrogen-bond donors (Lipinski definition) is 0. The maximum Gasteiger partial charge on any atom is 0.263 e. The molecule has 4 heteroatoms. The van der Waals surface area contributed by atoms with Gasteiger partial charge in [0, 0.05) is 13.1 Å². The normalized spacial score (nSPS) is 11.4. The Kier molecular flexibility index (Phi) is 6.59. The maximum atomic E-state index is 12.9. The first-order valence-corrected chi connectivity index (χ1v) is 8.45. The molecule has 0 heterocycles. The fraction of sp³-hybridized carbons (Fsp3) is 0.333. The summed E-state index contributed by atoms with van der Waals surface area (Å²) >= 11 is 0. The molecule has 1 atom stereocenters. The van der Waals surface area contributed by atoms with Gasteiger partial charge in [-0.1, -0.05) is 48.5 Å². The first-order chi connectivity index (χ1) is 12.0. The van der Waals surface area contributed by atoms with Gasteiger partial charge in [-0.15, -0.1) is 0 Å². The average molecular weight is 336 g/mol. The molecule has 1 amide bonds. The third kappa shape index (κ3) is 5.09. The second-order valence-corrected chi connectivity index (χ2v) is 6.13. The van der Waals surface area contributed by atoms with Gasteiger partial charge in [-0.3, -0.25) is 4.79 Å². The van der Waals surface area contributed by atoms with Crippen molar-refractivity contribution in [2.24, 2.45) is 0 Å². The van der Waals surface area contributed by atoms with Gasteiger partial charge in [-0.05, 0) is 37.5 Å². The van der Waals surface area contributed by atoms with Crippen molar-refractivity contribution in [2.75, 3.05) is 6.54 Å². The lowest BCUT2D eigenvalue weighted by atomic mass is 10.1. The van der Waals surface area contributed by atoms with E-state index in [1.54, 1.807) is 11.8 Å². The summed E-state index contributed by atoms with van der Waals surface area (Å²) in [7, 11) is 0. The van der Waals surface area contributed by atoms with E-state index in [1.165, 1.54) is 0 Å². The number of carbonyl (C=O) groups excluding carboxylic acids is 1. The summed E-state index contributed by atoms with van der Waals surface area (Å²) in [4.78, 5) is 14.6. The Morgan fingerprint density at radius 2 is 1.76 bits per heavy atom. The third-order valence-electron chi connectivity index (χ3n) is 4.07. The molecular weight excluding hydrogens is 312 g/mol. The summed E-state index contributed by atoms with van der Waals surface area (Å²) in [5, 5.41) is 8.89. The number of ether oxygens (including phenoxy) is 1. The molecule has 0 aliphatic rings. The summed E-state index contributed by atoms with van der Waals surface area (Å²) < 4.78 is 5.96. The molecule has 0 N–H and O–H groups in total. The molecule has 0 bridgehead atoms. The number of amides is 1. The molecule has 0 aliphatic carbocycles. The number of aryl methyl sites for hydroxylation is 2. The molecule has 0 fully saturated rings. The van der Waals surface area contributed by atoms with E-state index in [0.717, 1.165) is 22.4 Å². The van der Waals surface area contributed by atoms with Crippen LogP contribution in [0.2, 0.25) is 0 Å². The standard InChI is InChI=1S/C21H24N2O2/c1-16-9-7-10-17(2)20(16)25-18(3)21(24)23(14-8-13-22)15-19-11-5-4-6-12-19/h4-7,9-12,18H,8,14-15H2,1-3H3. The first-order valence-electron chi connectivity index (χ1n) is 8.45. The largest absolute Gasteiger partial charge is 0.480 e. The van der Waals surface area contributed by atoms with E-state index < -0.39 is 6.10 Å². The van der Waals surface area contributed by atoms with Gasteiger partial charge in [0.25, 0.3) is 5.91 Å². The van der Waals surface area contributed by atoms with Crippen molar-refractivity contribution in [3.8, 4) is 11.8 Å². The van der Waals surface area contributed by atoms with Crippen LogP contribution >= 0.6 is 0 Å². The Morgan fingerprint density at radius 3 is 2.36 bits per heavy atom. The van der Waals surface area contributed by atoms with Crippen molar-refractivity contribution >= 4 is 5.91 Å². The zero-order valence-electron chi connectivity index (χ0n) is 15.0. The number of para-hydroxylation sites is 1. The van der Waals surface area contributed by atoms with Crippen LogP contribution in [0.1, 0.15) is 30.0 Å². The van der Waals surface area contributed by atoms with Crippen LogP contribution in [0.5, 0.6) is 5.75 Å². The summed E-state index contributed by atoms with van der Waals surface area (Å²) in [6.45, 7) is 6.57. The van der Waals surface area contributed by atoms with E-state index in [0.29, 0.717) is 19.5 Å². The van der Waals surface area contributed by atoms with Crippen LogP contribution in [-0.2, 0) is 11.3 Å². The van der Waals surface area contributed by atoms with E-state index in [4.69, 9.17) is 10.00 Å². The Hall–Kier alpha value is -2.80. The van der Waals surface area contributed by atoms with Gasteiger partial charge in [-0.25, -0.2) is 0 Å². The Morgan fingerprint density at radius 1 is 1.12 bits per heavy atom. The summed E-state index contributed by atoms with van der Waals surface area (Å²) in [5.74, 6) is 0.644. The third-order valence-corrected chi connectivity index (χ3v) is 4.07. The quantitative estimate of drug-likeness (QED) is 0.767. The number of carbonyl (C=O) groups is 1. The van der Waals surface area contributed by atoms with Crippen LogP contribution in [-0.4, -0.2) is 23.5 Å². The van der Waals surface area contributed by atoms with E-state index in [9.17, 15) is 4.79 Å². The van der Waals surface area contributed by atoms with Crippen molar-refractivity contribution in [1.29, 1.82) is 5.26 Å². The lowest BCUT2D eigenvalue weighted by molar-refractivity contribution is -0.138. The minimum atomic E-state index is -0.609. The van der Waals surface area contributed by atoms with Gasteiger partial charge >= 0.3 is 0 Å².